The van der Waals surface area contributed by atoms with Crippen molar-refractivity contribution in [3.05, 3.63) is 0 Å². The van der Waals surface area contributed by atoms with Crippen LogP contribution in [0.3, 0.4) is 0 Å². The molecule has 3 nitrogen and oxygen atoms in total. The fourth-order valence-electron chi connectivity index (χ4n) is 3.36. The van der Waals surface area contributed by atoms with Gasteiger partial charge in [-0.15, -0.1) is 0 Å². The minimum absolute atomic E-state index is 0.109. The molecule has 2 atom stereocenters. The number of methoxy groups -OCH3 is 1. The molecule has 20 heavy (non-hydrogen) atoms. The maximum Gasteiger partial charge on any atom is 0.401 e. The van der Waals surface area contributed by atoms with Crippen LogP contribution in [-0.2, 0) is 4.74 Å². The Morgan fingerprint density at radius 1 is 1.25 bits per heavy atom. The monoisotopic (exact) mass is 294 g/mol. The Morgan fingerprint density at radius 3 is 2.30 bits per heavy atom. The summed E-state index contributed by atoms with van der Waals surface area (Å²) in [7, 11) is 1.73. The molecule has 1 saturated heterocycles. The molecule has 0 bridgehead atoms. The summed E-state index contributed by atoms with van der Waals surface area (Å²) in [5.74, 6) is 0. The highest BCUT2D eigenvalue weighted by molar-refractivity contribution is 5.03. The van der Waals surface area contributed by atoms with Gasteiger partial charge in [0.1, 0.15) is 0 Å². The van der Waals surface area contributed by atoms with Crippen molar-refractivity contribution in [2.75, 3.05) is 26.7 Å². The van der Waals surface area contributed by atoms with Gasteiger partial charge in [-0.1, -0.05) is 13.8 Å². The number of ether oxygens (including phenoxy) is 1. The van der Waals surface area contributed by atoms with E-state index in [2.05, 4.69) is 19.2 Å². The Kier molecular flexibility index (Phi) is 4.66. The second-order valence-corrected chi connectivity index (χ2v) is 6.67. The molecule has 2 aliphatic rings. The number of halogens is 3. The molecule has 1 saturated carbocycles. The zero-order chi connectivity index (χ0) is 15.0. The Balaban J connectivity index is 1.73. The summed E-state index contributed by atoms with van der Waals surface area (Å²) in [5, 5.41) is 3.61. The number of hydrogen-bond donors (Lipinski definition) is 1. The highest BCUT2D eigenvalue weighted by atomic mass is 19.4. The van der Waals surface area contributed by atoms with Gasteiger partial charge in [0.05, 0.1) is 12.6 Å². The summed E-state index contributed by atoms with van der Waals surface area (Å²) < 4.78 is 42.4. The van der Waals surface area contributed by atoms with E-state index in [1.165, 1.54) is 4.90 Å². The van der Waals surface area contributed by atoms with Crippen molar-refractivity contribution in [2.24, 2.45) is 5.41 Å². The van der Waals surface area contributed by atoms with Crippen LogP contribution < -0.4 is 5.32 Å². The molecule has 2 fully saturated rings. The third-order valence-corrected chi connectivity index (χ3v) is 4.89. The number of nitrogens with zero attached hydrogens (tertiary/aromatic N) is 1. The van der Waals surface area contributed by atoms with Crippen LogP contribution in [0, 0.1) is 5.41 Å². The summed E-state index contributed by atoms with van der Waals surface area (Å²) in [6.45, 7) is 4.64. The van der Waals surface area contributed by atoms with E-state index < -0.39 is 12.7 Å². The summed E-state index contributed by atoms with van der Waals surface area (Å²) >= 11 is 0. The summed E-state index contributed by atoms with van der Waals surface area (Å²) in [6, 6.07) is 0.744. The van der Waals surface area contributed by atoms with Gasteiger partial charge in [-0.3, -0.25) is 4.90 Å². The molecular weight excluding hydrogens is 269 g/mol. The summed E-state index contributed by atoms with van der Waals surface area (Å²) in [6.07, 6.45) is -1.22. The van der Waals surface area contributed by atoms with E-state index >= 15 is 0 Å². The minimum atomic E-state index is -4.08. The molecule has 1 heterocycles. The first kappa shape index (κ1) is 16.0. The molecule has 6 heteroatoms. The number of nitrogens with one attached hydrogen (secondary N) is 1. The second-order valence-electron chi connectivity index (χ2n) is 6.67. The predicted molar refractivity (Wildman–Crippen MR) is 71.6 cm³/mol. The van der Waals surface area contributed by atoms with Gasteiger partial charge in [0.25, 0.3) is 0 Å². The van der Waals surface area contributed by atoms with Crippen LogP contribution in [-0.4, -0.2) is 56.0 Å². The fourth-order valence-corrected chi connectivity index (χ4v) is 3.36. The molecule has 1 N–H and O–H groups in total. The predicted octanol–water partition coefficient (Wildman–Crippen LogP) is 2.42. The zero-order valence-electron chi connectivity index (χ0n) is 12.5. The molecule has 118 valence electrons. The van der Waals surface area contributed by atoms with E-state index in [4.69, 9.17) is 4.74 Å². The fraction of sp³-hybridized carbons (Fsp3) is 1.00. The van der Waals surface area contributed by atoms with Gasteiger partial charge in [-0.05, 0) is 32.4 Å². The average Bonchev–Trinajstić information content (AvgIpc) is 2.34. The Bertz CT molecular complexity index is 325. The molecule has 0 spiro atoms. The van der Waals surface area contributed by atoms with Crippen LogP contribution in [0.1, 0.15) is 33.1 Å². The van der Waals surface area contributed by atoms with Gasteiger partial charge in [-0.2, -0.15) is 13.2 Å². The smallest absolute Gasteiger partial charge is 0.381 e. The van der Waals surface area contributed by atoms with E-state index in [0.717, 1.165) is 19.3 Å². The lowest BCUT2D eigenvalue weighted by Gasteiger charge is -2.53. The van der Waals surface area contributed by atoms with Gasteiger partial charge >= 0.3 is 6.18 Å². The molecule has 0 aromatic heterocycles. The van der Waals surface area contributed by atoms with Crippen molar-refractivity contribution in [1.82, 2.24) is 10.2 Å². The largest absolute Gasteiger partial charge is 0.401 e. The molecule has 0 amide bonds. The van der Waals surface area contributed by atoms with Gasteiger partial charge in [-0.25, -0.2) is 0 Å². The maximum atomic E-state index is 12.3. The van der Waals surface area contributed by atoms with Crippen LogP contribution in [0.15, 0.2) is 0 Å². The van der Waals surface area contributed by atoms with Crippen LogP contribution in [0.25, 0.3) is 0 Å². The molecule has 0 aromatic carbocycles. The minimum Gasteiger partial charge on any atom is -0.381 e. The SMILES string of the molecule is COC1CC(NC2CCN(CC(F)(F)F)CC2)C1(C)C. The number of likely N-dealkylation sites (tertiary alicyclic amines) is 1. The molecule has 1 aliphatic carbocycles. The average molecular weight is 294 g/mol. The van der Waals surface area contributed by atoms with Crippen LogP contribution >= 0.6 is 0 Å². The first-order chi connectivity index (χ1) is 9.22. The van der Waals surface area contributed by atoms with E-state index in [1.54, 1.807) is 7.11 Å². The van der Waals surface area contributed by atoms with Crippen LogP contribution in [0.4, 0.5) is 13.2 Å². The highest BCUT2D eigenvalue weighted by Gasteiger charge is 2.49. The Labute approximate surface area is 118 Å². The molecule has 0 radical (unpaired) electrons. The lowest BCUT2D eigenvalue weighted by molar-refractivity contribution is -0.148. The Morgan fingerprint density at radius 2 is 1.85 bits per heavy atom. The van der Waals surface area contributed by atoms with Gasteiger partial charge in [0.15, 0.2) is 0 Å². The Hall–Kier alpha value is -0.330. The quantitative estimate of drug-likeness (QED) is 0.862. The van der Waals surface area contributed by atoms with Gasteiger partial charge in [0.2, 0.25) is 0 Å². The molecule has 1 aliphatic heterocycles. The van der Waals surface area contributed by atoms with E-state index in [-0.39, 0.29) is 11.5 Å². The molecular formula is C14H25F3N2O. The third kappa shape index (κ3) is 3.65. The molecule has 0 aromatic rings. The normalized spacial score (nSPS) is 32.1. The summed E-state index contributed by atoms with van der Waals surface area (Å²) in [5.41, 5.74) is 0.109. The van der Waals surface area contributed by atoms with Crippen molar-refractivity contribution in [2.45, 2.75) is 57.5 Å². The van der Waals surface area contributed by atoms with E-state index in [9.17, 15) is 13.2 Å². The first-order valence-corrected chi connectivity index (χ1v) is 7.30. The van der Waals surface area contributed by atoms with E-state index in [0.29, 0.717) is 25.2 Å². The van der Waals surface area contributed by atoms with Crippen molar-refractivity contribution in [1.29, 1.82) is 0 Å². The number of rotatable bonds is 4. The second kappa shape index (κ2) is 5.81. The highest BCUT2D eigenvalue weighted by Crippen LogP contribution is 2.42. The summed E-state index contributed by atoms with van der Waals surface area (Å²) in [4.78, 5) is 1.50. The molecule has 2 rings (SSSR count). The van der Waals surface area contributed by atoms with Gasteiger partial charge < -0.3 is 10.1 Å². The third-order valence-electron chi connectivity index (χ3n) is 4.89. The van der Waals surface area contributed by atoms with Crippen molar-refractivity contribution in [3.8, 4) is 0 Å². The number of alkyl halides is 3. The zero-order valence-corrected chi connectivity index (χ0v) is 12.5. The maximum absolute atomic E-state index is 12.3. The van der Waals surface area contributed by atoms with Crippen LogP contribution in [0.2, 0.25) is 0 Å². The van der Waals surface area contributed by atoms with Crippen molar-refractivity contribution >= 4 is 0 Å². The number of piperidine rings is 1. The lowest BCUT2D eigenvalue weighted by Crippen LogP contribution is -2.63. The van der Waals surface area contributed by atoms with Crippen LogP contribution in [0.5, 0.6) is 0 Å². The topological polar surface area (TPSA) is 24.5 Å². The standard InChI is InChI=1S/C14H25F3N2O/c1-13(2)11(8-12(13)20-3)18-10-4-6-19(7-5-10)9-14(15,16)17/h10-12,18H,4-9H2,1-3H3. The van der Waals surface area contributed by atoms with Crippen molar-refractivity contribution < 1.29 is 17.9 Å². The van der Waals surface area contributed by atoms with E-state index in [1.807, 2.05) is 0 Å². The first-order valence-electron chi connectivity index (χ1n) is 7.30. The lowest BCUT2D eigenvalue weighted by atomic mass is 9.64. The van der Waals surface area contributed by atoms with Crippen molar-refractivity contribution in [3.63, 3.8) is 0 Å². The molecule has 2 unspecified atom stereocenters. The number of hydrogen-bond acceptors (Lipinski definition) is 3. The van der Waals surface area contributed by atoms with Gasteiger partial charge in [0, 0.05) is 24.6 Å².